The molecule has 0 aromatic heterocycles. The molecule has 51 heavy (non-hydrogen) atoms. The predicted octanol–water partition coefficient (Wildman–Crippen LogP) is -5.46. The first-order valence-corrected chi connectivity index (χ1v) is 16.3. The maximum absolute atomic E-state index is 13.3. The van der Waals surface area contributed by atoms with Crippen LogP contribution in [0.25, 0.3) is 0 Å². The van der Waals surface area contributed by atoms with Crippen LogP contribution in [-0.2, 0) is 33.6 Å². The van der Waals surface area contributed by atoms with Crippen LogP contribution < -0.4 is 59.7 Å². The maximum atomic E-state index is 13.3. The number of carbonyl (C=O) groups is 7. The topological polar surface area (TPSA) is 382 Å². The number of carboxylic acids is 1. The summed E-state index contributed by atoms with van der Waals surface area (Å²) in [6, 6.07) is -7.76. The Balaban J connectivity index is 5.68. The number of carboxylic acid groups (broad SMARTS) is 1. The van der Waals surface area contributed by atoms with Crippen LogP contribution in [0.2, 0.25) is 0 Å². The third-order valence-corrected chi connectivity index (χ3v) is 7.66. The van der Waals surface area contributed by atoms with Crippen molar-refractivity contribution in [3.8, 4) is 0 Å². The van der Waals surface area contributed by atoms with Crippen molar-refractivity contribution in [2.45, 2.75) is 95.5 Å². The van der Waals surface area contributed by atoms with Crippen LogP contribution in [0.1, 0.15) is 59.3 Å². The number of likely N-dealkylation sites (N-methyl/N-ethyl adjacent to an activating group) is 1. The molecule has 6 amide bonds. The van der Waals surface area contributed by atoms with Crippen molar-refractivity contribution in [1.82, 2.24) is 42.5 Å². The smallest absolute Gasteiger partial charge is 0.305 e. The van der Waals surface area contributed by atoms with Gasteiger partial charge in [-0.25, -0.2) is 0 Å². The second-order valence-electron chi connectivity index (χ2n) is 11.8. The second kappa shape index (κ2) is 24.0. The van der Waals surface area contributed by atoms with Gasteiger partial charge in [0.1, 0.15) is 30.2 Å². The molecule has 0 heterocycles. The summed E-state index contributed by atoms with van der Waals surface area (Å²) < 4.78 is 0. The molecule has 0 radical (unpaired) electrons. The summed E-state index contributed by atoms with van der Waals surface area (Å²) in [7, 11) is 1.54. The molecule has 0 saturated heterocycles. The summed E-state index contributed by atoms with van der Waals surface area (Å²) in [5, 5.41) is 53.5. The Morgan fingerprint density at radius 1 is 0.667 bits per heavy atom. The standard InChI is InChI=1S/C29H55N13O9/c1-5-14(2)21(22(30)46)42-26(50)18(12-20(44)45)40-23(47)15(3)38-27(51)19(13-43)41-25(49)17(9-7-11-37-29(33)34)39-24(48)16(35-4)8-6-10-36-28(31)32/h14-19,21,35,43H,5-13H2,1-4H3,(H2,30,46)(H,38,51)(H,39,48)(H,40,47)(H,41,49)(H,42,50)(H,44,45)(H4,31,32,36)(H4,33,34,37)/t14-,15-,16-,17?,18-,19-,21-/m0/s1. The number of hydrogen-bond acceptors (Lipinski definition) is 11. The molecule has 1 unspecified atom stereocenters. The van der Waals surface area contributed by atoms with Gasteiger partial charge in [-0.2, -0.15) is 0 Å². The molecule has 0 aliphatic heterocycles. The van der Waals surface area contributed by atoms with E-state index in [4.69, 9.17) is 28.0 Å². The highest BCUT2D eigenvalue weighted by Gasteiger charge is 2.33. The first-order chi connectivity index (χ1) is 23.9. The van der Waals surface area contributed by atoms with Crippen LogP contribution in [0.15, 0.2) is 0 Å². The molecule has 0 aliphatic carbocycles. The van der Waals surface area contributed by atoms with Crippen molar-refractivity contribution in [2.75, 3.05) is 26.7 Å². The van der Waals surface area contributed by atoms with Gasteiger partial charge >= 0.3 is 5.97 Å². The number of guanidine groups is 2. The lowest BCUT2D eigenvalue weighted by Gasteiger charge is -2.26. The minimum absolute atomic E-state index is 0.0272. The summed E-state index contributed by atoms with van der Waals surface area (Å²) in [5.41, 5.74) is 15.9. The fourth-order valence-corrected chi connectivity index (χ4v) is 4.52. The molecular weight excluding hydrogens is 674 g/mol. The fourth-order valence-electron chi connectivity index (χ4n) is 4.52. The number of nitrogens with two attached hydrogens (primary N) is 3. The van der Waals surface area contributed by atoms with E-state index in [0.717, 1.165) is 0 Å². The van der Waals surface area contributed by atoms with E-state index in [2.05, 4.69) is 42.5 Å². The van der Waals surface area contributed by atoms with E-state index in [-0.39, 0.29) is 31.3 Å². The third kappa shape index (κ3) is 18.4. The molecule has 0 aliphatic rings. The van der Waals surface area contributed by atoms with Crippen molar-refractivity contribution in [2.24, 2.45) is 23.1 Å². The van der Waals surface area contributed by atoms with Crippen LogP contribution in [0, 0.1) is 16.7 Å². The van der Waals surface area contributed by atoms with Gasteiger partial charge in [0.05, 0.1) is 19.1 Å². The van der Waals surface area contributed by atoms with Gasteiger partial charge in [0, 0.05) is 13.1 Å². The summed E-state index contributed by atoms with van der Waals surface area (Å²) in [5.74, 6) is -7.64. The number of primary amides is 1. The zero-order valence-electron chi connectivity index (χ0n) is 29.4. The quantitative estimate of drug-likeness (QED) is 0.0237. The molecule has 0 fully saturated rings. The van der Waals surface area contributed by atoms with Crippen molar-refractivity contribution >= 4 is 53.3 Å². The normalized spacial score (nSPS) is 14.8. The summed E-state index contributed by atoms with van der Waals surface area (Å²) in [6.07, 6.45) is 0.628. The molecule has 0 spiro atoms. The number of aliphatic hydroxyl groups is 1. The Morgan fingerprint density at radius 3 is 1.57 bits per heavy atom. The highest BCUT2D eigenvalue weighted by Crippen LogP contribution is 2.08. The average Bonchev–Trinajstić information content (AvgIpc) is 3.05. The molecule has 0 aromatic carbocycles. The molecular formula is C29H55N13O9. The summed E-state index contributed by atoms with van der Waals surface area (Å²) in [4.78, 5) is 88.4. The number of rotatable bonds is 25. The Kier molecular flexibility index (Phi) is 21.5. The number of aliphatic carboxylic acids is 1. The second-order valence-corrected chi connectivity index (χ2v) is 11.8. The number of amides is 6. The maximum Gasteiger partial charge on any atom is 0.305 e. The molecule has 0 bridgehead atoms. The average molecular weight is 730 g/mol. The van der Waals surface area contributed by atoms with Gasteiger partial charge in [-0.3, -0.25) is 44.4 Å². The molecule has 22 heteroatoms. The minimum Gasteiger partial charge on any atom is -0.481 e. The third-order valence-electron chi connectivity index (χ3n) is 7.66. The largest absolute Gasteiger partial charge is 0.481 e. The van der Waals surface area contributed by atoms with Gasteiger partial charge < -0.3 is 69.9 Å². The molecule has 22 nitrogen and oxygen atoms in total. The zero-order valence-corrected chi connectivity index (χ0v) is 29.4. The summed E-state index contributed by atoms with van der Waals surface area (Å²) >= 11 is 0. The van der Waals surface area contributed by atoms with E-state index in [1.165, 1.54) is 6.92 Å². The van der Waals surface area contributed by atoms with Crippen LogP contribution >= 0.6 is 0 Å². The van der Waals surface area contributed by atoms with E-state index in [0.29, 0.717) is 25.8 Å². The molecule has 0 aromatic rings. The van der Waals surface area contributed by atoms with Crippen LogP contribution in [0.3, 0.4) is 0 Å². The summed E-state index contributed by atoms with van der Waals surface area (Å²) in [6.45, 7) is 4.19. The van der Waals surface area contributed by atoms with Crippen molar-refractivity contribution < 1.29 is 43.8 Å². The zero-order chi connectivity index (χ0) is 39.3. The number of nitrogens with one attached hydrogen (secondary N) is 10. The lowest BCUT2D eigenvalue weighted by atomic mass is 9.98. The fraction of sp³-hybridized carbons (Fsp3) is 0.690. The van der Waals surface area contributed by atoms with Gasteiger partial charge in [-0.1, -0.05) is 20.3 Å². The van der Waals surface area contributed by atoms with Gasteiger partial charge in [-0.15, -0.1) is 0 Å². The van der Waals surface area contributed by atoms with Gasteiger partial charge in [-0.05, 0) is 45.6 Å². The first kappa shape index (κ1) is 45.8. The molecule has 7 atom stereocenters. The predicted molar refractivity (Wildman–Crippen MR) is 184 cm³/mol. The number of aliphatic hydroxyl groups excluding tert-OH is 1. The monoisotopic (exact) mass is 729 g/mol. The Bertz CT molecular complexity index is 1240. The number of carbonyl (C=O) groups excluding carboxylic acids is 6. The van der Waals surface area contributed by atoms with Gasteiger partial charge in [0.15, 0.2) is 11.9 Å². The van der Waals surface area contributed by atoms with Gasteiger partial charge in [0.2, 0.25) is 35.4 Å². The SMILES string of the molecule is CC[C@H](C)[C@H](NC(=O)[C@H](CC(=O)O)NC(=O)[C@H](C)NC(=O)[C@H](CO)NC(=O)C(CCCNC(=N)N)NC(=O)[C@H](CCCNC(=N)N)NC)C(N)=O. The van der Waals surface area contributed by atoms with Crippen LogP contribution in [-0.4, -0.2) is 127 Å². The minimum atomic E-state index is -1.65. The van der Waals surface area contributed by atoms with E-state index in [1.807, 2.05) is 0 Å². The van der Waals surface area contributed by atoms with Crippen LogP contribution in [0.5, 0.6) is 0 Å². The van der Waals surface area contributed by atoms with E-state index in [1.54, 1.807) is 20.9 Å². The Labute approximate surface area is 295 Å². The first-order valence-electron chi connectivity index (χ1n) is 16.3. The molecule has 0 rings (SSSR count). The highest BCUT2D eigenvalue weighted by atomic mass is 16.4. The number of hydrogen-bond donors (Lipinski definition) is 15. The van der Waals surface area contributed by atoms with E-state index in [9.17, 15) is 43.8 Å². The van der Waals surface area contributed by atoms with Crippen molar-refractivity contribution in [3.05, 3.63) is 0 Å². The Hall–Kier alpha value is -5.25. The van der Waals surface area contributed by atoms with Crippen molar-refractivity contribution in [3.63, 3.8) is 0 Å². The molecule has 0 saturated carbocycles. The highest BCUT2D eigenvalue weighted by molar-refractivity contribution is 5.97. The van der Waals surface area contributed by atoms with Gasteiger partial charge in [0.25, 0.3) is 0 Å². The van der Waals surface area contributed by atoms with Crippen molar-refractivity contribution in [1.29, 1.82) is 10.8 Å². The lowest BCUT2D eigenvalue weighted by molar-refractivity contribution is -0.141. The Morgan fingerprint density at radius 2 is 1.12 bits per heavy atom. The molecule has 290 valence electrons. The van der Waals surface area contributed by atoms with E-state index >= 15 is 0 Å². The molecule has 18 N–H and O–H groups in total. The van der Waals surface area contributed by atoms with Crippen LogP contribution in [0.4, 0.5) is 0 Å². The van der Waals surface area contributed by atoms with E-state index < -0.39 is 96.6 Å². The lowest BCUT2D eigenvalue weighted by Crippen LogP contribution is -2.60.